The lowest BCUT2D eigenvalue weighted by Gasteiger charge is -2.39. The van der Waals surface area contributed by atoms with E-state index >= 15 is 0 Å². The predicted molar refractivity (Wildman–Crippen MR) is 111 cm³/mol. The summed E-state index contributed by atoms with van der Waals surface area (Å²) in [6, 6.07) is 14.1. The molecule has 0 unspecified atom stereocenters. The van der Waals surface area contributed by atoms with Crippen LogP contribution < -0.4 is 10.6 Å². The van der Waals surface area contributed by atoms with Gasteiger partial charge in [-0.05, 0) is 74.4 Å². The Hall–Kier alpha value is -2.33. The number of amides is 1. The van der Waals surface area contributed by atoms with E-state index in [1.54, 1.807) is 0 Å². The fourth-order valence-corrected chi connectivity index (χ4v) is 4.39. The van der Waals surface area contributed by atoms with Crippen LogP contribution in [0.25, 0.3) is 0 Å². The fourth-order valence-electron chi connectivity index (χ4n) is 4.39. The highest BCUT2D eigenvalue weighted by molar-refractivity contribution is 6.00. The van der Waals surface area contributed by atoms with Crippen molar-refractivity contribution in [3.8, 4) is 0 Å². The number of carbonyl (C=O) groups is 1. The molecule has 4 rings (SSSR count). The summed E-state index contributed by atoms with van der Waals surface area (Å²) in [5.41, 5.74) is 5.60. The Kier molecular flexibility index (Phi) is 4.92. The summed E-state index contributed by atoms with van der Waals surface area (Å²) in [7, 11) is 0. The molecule has 4 heteroatoms. The van der Waals surface area contributed by atoms with Crippen molar-refractivity contribution in [3.63, 3.8) is 0 Å². The highest BCUT2D eigenvalue weighted by atomic mass is 16.2. The van der Waals surface area contributed by atoms with Crippen LogP contribution in [0, 0.1) is 19.3 Å². The lowest BCUT2D eigenvalue weighted by atomic mass is 9.78. The Balaban J connectivity index is 1.52. The third-order valence-corrected chi connectivity index (χ3v) is 6.47. The highest BCUT2D eigenvalue weighted by Crippen LogP contribution is 2.37. The minimum Gasteiger partial charge on any atom is -0.355 e. The molecule has 0 aromatic heterocycles. The summed E-state index contributed by atoms with van der Waals surface area (Å²) < 4.78 is 0. The molecular weight excluding hydrogens is 334 g/mol. The Bertz CT molecular complexity index is 829. The van der Waals surface area contributed by atoms with E-state index in [1.807, 2.05) is 29.2 Å². The summed E-state index contributed by atoms with van der Waals surface area (Å²) >= 11 is 0. The van der Waals surface area contributed by atoms with Crippen molar-refractivity contribution >= 4 is 17.3 Å². The van der Waals surface area contributed by atoms with Gasteiger partial charge in [-0.15, -0.1) is 0 Å². The second-order valence-corrected chi connectivity index (χ2v) is 8.14. The molecule has 2 heterocycles. The number of piperidine rings is 1. The number of rotatable bonds is 3. The molecule has 0 aliphatic carbocycles. The SMILES string of the molecule is Cc1cccc(Nc2ccccc2C(=O)N2CCC3(CCNC3)CC2)c1C. The van der Waals surface area contributed by atoms with Crippen LogP contribution in [-0.2, 0) is 0 Å². The van der Waals surface area contributed by atoms with Crippen molar-refractivity contribution in [2.75, 3.05) is 31.5 Å². The van der Waals surface area contributed by atoms with Crippen molar-refractivity contribution in [1.29, 1.82) is 0 Å². The number of aryl methyl sites for hydroxylation is 1. The van der Waals surface area contributed by atoms with Crippen LogP contribution in [0.2, 0.25) is 0 Å². The molecule has 0 atom stereocenters. The van der Waals surface area contributed by atoms with Crippen LogP contribution in [0.3, 0.4) is 0 Å². The maximum atomic E-state index is 13.2. The zero-order chi connectivity index (χ0) is 18.9. The third-order valence-electron chi connectivity index (χ3n) is 6.47. The Morgan fingerprint density at radius 2 is 1.74 bits per heavy atom. The summed E-state index contributed by atoms with van der Waals surface area (Å²) in [6.07, 6.45) is 3.47. The summed E-state index contributed by atoms with van der Waals surface area (Å²) in [4.78, 5) is 15.3. The van der Waals surface area contributed by atoms with E-state index in [1.165, 1.54) is 17.5 Å². The van der Waals surface area contributed by atoms with E-state index in [0.29, 0.717) is 5.41 Å². The lowest BCUT2D eigenvalue weighted by molar-refractivity contribution is 0.0608. The van der Waals surface area contributed by atoms with Gasteiger partial charge in [-0.3, -0.25) is 4.79 Å². The molecule has 1 spiro atoms. The predicted octanol–water partition coefficient (Wildman–Crippen LogP) is 4.26. The van der Waals surface area contributed by atoms with Gasteiger partial charge in [0, 0.05) is 25.3 Å². The molecule has 1 amide bonds. The topological polar surface area (TPSA) is 44.4 Å². The van der Waals surface area contributed by atoms with Crippen LogP contribution in [0.1, 0.15) is 40.7 Å². The van der Waals surface area contributed by atoms with Crippen LogP contribution >= 0.6 is 0 Å². The summed E-state index contributed by atoms with van der Waals surface area (Å²) in [5, 5.41) is 6.98. The molecule has 142 valence electrons. The molecule has 0 radical (unpaired) electrons. The van der Waals surface area contributed by atoms with Gasteiger partial charge in [-0.1, -0.05) is 24.3 Å². The van der Waals surface area contributed by atoms with Gasteiger partial charge in [0.15, 0.2) is 0 Å². The average molecular weight is 364 g/mol. The fraction of sp³-hybridized carbons (Fsp3) is 0.435. The minimum atomic E-state index is 0.143. The van der Waals surface area contributed by atoms with Gasteiger partial charge < -0.3 is 15.5 Å². The zero-order valence-electron chi connectivity index (χ0n) is 16.3. The van der Waals surface area contributed by atoms with E-state index in [9.17, 15) is 4.79 Å². The standard InChI is InChI=1S/C23H29N3O/c1-17-6-5-9-20(18(17)2)25-21-8-4-3-7-19(21)22(27)26-14-11-23(12-15-26)10-13-24-16-23/h3-9,24-25H,10-16H2,1-2H3. The molecule has 2 aliphatic heterocycles. The number of anilines is 2. The number of para-hydroxylation sites is 1. The average Bonchev–Trinajstić information content (AvgIpc) is 3.14. The van der Waals surface area contributed by atoms with Crippen LogP contribution in [0.4, 0.5) is 11.4 Å². The number of hydrogen-bond donors (Lipinski definition) is 2. The highest BCUT2D eigenvalue weighted by Gasteiger charge is 2.38. The summed E-state index contributed by atoms with van der Waals surface area (Å²) in [5.74, 6) is 0.143. The largest absolute Gasteiger partial charge is 0.355 e. The molecule has 4 nitrogen and oxygen atoms in total. The Labute approximate surface area is 162 Å². The first-order chi connectivity index (χ1) is 13.1. The minimum absolute atomic E-state index is 0.143. The van der Waals surface area contributed by atoms with Crippen LogP contribution in [0.15, 0.2) is 42.5 Å². The van der Waals surface area contributed by atoms with Crippen molar-refractivity contribution in [2.24, 2.45) is 5.41 Å². The zero-order valence-corrected chi connectivity index (χ0v) is 16.3. The van der Waals surface area contributed by atoms with Gasteiger partial charge in [0.05, 0.1) is 11.3 Å². The first kappa shape index (κ1) is 18.1. The first-order valence-corrected chi connectivity index (χ1v) is 10.0. The molecule has 2 aromatic rings. The van der Waals surface area contributed by atoms with Gasteiger partial charge in [-0.25, -0.2) is 0 Å². The van der Waals surface area contributed by atoms with Gasteiger partial charge in [-0.2, -0.15) is 0 Å². The summed E-state index contributed by atoms with van der Waals surface area (Å²) in [6.45, 7) is 8.17. The van der Waals surface area contributed by atoms with Crippen molar-refractivity contribution in [3.05, 3.63) is 59.2 Å². The maximum Gasteiger partial charge on any atom is 0.255 e. The van der Waals surface area contributed by atoms with E-state index in [0.717, 1.165) is 56.0 Å². The first-order valence-electron chi connectivity index (χ1n) is 10.0. The van der Waals surface area contributed by atoms with E-state index < -0.39 is 0 Å². The van der Waals surface area contributed by atoms with E-state index in [-0.39, 0.29) is 5.91 Å². The van der Waals surface area contributed by atoms with Crippen LogP contribution in [0.5, 0.6) is 0 Å². The third kappa shape index (κ3) is 3.59. The molecule has 0 bridgehead atoms. The van der Waals surface area contributed by atoms with Crippen LogP contribution in [-0.4, -0.2) is 37.0 Å². The normalized spacial score (nSPS) is 18.7. The van der Waals surface area contributed by atoms with E-state index in [2.05, 4.69) is 42.7 Å². The second-order valence-electron chi connectivity index (χ2n) is 8.14. The molecule has 27 heavy (non-hydrogen) atoms. The van der Waals surface area contributed by atoms with Crippen molar-refractivity contribution in [1.82, 2.24) is 10.2 Å². The molecule has 2 aromatic carbocycles. The second kappa shape index (κ2) is 7.35. The quantitative estimate of drug-likeness (QED) is 0.856. The van der Waals surface area contributed by atoms with Crippen molar-refractivity contribution < 1.29 is 4.79 Å². The van der Waals surface area contributed by atoms with E-state index in [4.69, 9.17) is 0 Å². The smallest absolute Gasteiger partial charge is 0.255 e. The monoisotopic (exact) mass is 363 g/mol. The molecular formula is C23H29N3O. The Morgan fingerprint density at radius 1 is 1.00 bits per heavy atom. The molecule has 2 aliphatic rings. The number of benzene rings is 2. The molecule has 0 saturated carbocycles. The number of likely N-dealkylation sites (tertiary alicyclic amines) is 1. The number of hydrogen-bond acceptors (Lipinski definition) is 3. The molecule has 2 fully saturated rings. The van der Waals surface area contributed by atoms with Crippen molar-refractivity contribution in [2.45, 2.75) is 33.1 Å². The van der Waals surface area contributed by atoms with Gasteiger partial charge >= 0.3 is 0 Å². The molecule has 2 N–H and O–H groups in total. The number of nitrogens with one attached hydrogen (secondary N) is 2. The lowest BCUT2D eigenvalue weighted by Crippen LogP contribution is -2.44. The Morgan fingerprint density at radius 3 is 2.48 bits per heavy atom. The number of carbonyl (C=O) groups excluding carboxylic acids is 1. The maximum absolute atomic E-state index is 13.2. The number of nitrogens with zero attached hydrogens (tertiary/aromatic N) is 1. The van der Waals surface area contributed by atoms with Gasteiger partial charge in [0.2, 0.25) is 0 Å². The van der Waals surface area contributed by atoms with Gasteiger partial charge in [0.25, 0.3) is 5.91 Å². The van der Waals surface area contributed by atoms with Gasteiger partial charge in [0.1, 0.15) is 0 Å². The molecule has 2 saturated heterocycles.